The SMILES string of the molecule is CCCCCc1ccc(C=CC2CCC(c3ccc(-c4ccc(CCC)cc4)c(F)c3F)CC2)cc1F. The van der Waals surface area contributed by atoms with E-state index in [0.29, 0.717) is 22.6 Å². The number of benzene rings is 3. The summed E-state index contributed by atoms with van der Waals surface area (Å²) in [4.78, 5) is 0. The lowest BCUT2D eigenvalue weighted by molar-refractivity contribution is 0.365. The molecule has 1 aliphatic carbocycles. The Bertz CT molecular complexity index is 1180. The second-order valence-corrected chi connectivity index (χ2v) is 10.6. The lowest BCUT2D eigenvalue weighted by Crippen LogP contribution is -2.13. The number of rotatable bonds is 10. The van der Waals surface area contributed by atoms with Gasteiger partial charge in [0.15, 0.2) is 11.6 Å². The van der Waals surface area contributed by atoms with Gasteiger partial charge in [-0.05, 0) is 90.7 Å². The summed E-state index contributed by atoms with van der Waals surface area (Å²) in [5, 5.41) is 0. The van der Waals surface area contributed by atoms with Crippen molar-refractivity contribution in [1.29, 1.82) is 0 Å². The highest BCUT2D eigenvalue weighted by atomic mass is 19.2. The first-order valence-electron chi connectivity index (χ1n) is 14.0. The fourth-order valence-corrected chi connectivity index (χ4v) is 5.55. The van der Waals surface area contributed by atoms with E-state index in [0.717, 1.165) is 75.3 Å². The van der Waals surface area contributed by atoms with Crippen molar-refractivity contribution in [3.63, 3.8) is 0 Å². The minimum absolute atomic E-state index is 0.0278. The average Bonchev–Trinajstić information content (AvgIpc) is 2.91. The summed E-state index contributed by atoms with van der Waals surface area (Å²) in [5.41, 5.74) is 4.41. The summed E-state index contributed by atoms with van der Waals surface area (Å²) in [6.07, 6.45) is 13.7. The highest BCUT2D eigenvalue weighted by molar-refractivity contribution is 5.65. The first-order valence-corrected chi connectivity index (χ1v) is 14.0. The highest BCUT2D eigenvalue weighted by Crippen LogP contribution is 2.39. The van der Waals surface area contributed by atoms with Crippen molar-refractivity contribution in [2.45, 2.75) is 84.0 Å². The molecule has 0 radical (unpaired) electrons. The van der Waals surface area contributed by atoms with E-state index >= 15 is 8.78 Å². The number of unbranched alkanes of at least 4 members (excludes halogenated alkanes) is 2. The molecule has 3 aromatic rings. The van der Waals surface area contributed by atoms with Gasteiger partial charge in [0.1, 0.15) is 5.82 Å². The Balaban J connectivity index is 1.36. The van der Waals surface area contributed by atoms with Crippen molar-refractivity contribution in [3.8, 4) is 11.1 Å². The molecule has 4 rings (SSSR count). The van der Waals surface area contributed by atoms with Gasteiger partial charge in [-0.3, -0.25) is 0 Å². The second-order valence-electron chi connectivity index (χ2n) is 10.6. The number of aryl methyl sites for hydroxylation is 2. The minimum atomic E-state index is -0.747. The monoisotopic (exact) mass is 504 g/mol. The molecule has 0 bridgehead atoms. The molecule has 3 heteroatoms. The van der Waals surface area contributed by atoms with Gasteiger partial charge in [-0.1, -0.05) is 93.8 Å². The number of hydrogen-bond donors (Lipinski definition) is 0. The summed E-state index contributed by atoms with van der Waals surface area (Å²) >= 11 is 0. The molecule has 0 aromatic heterocycles. The van der Waals surface area contributed by atoms with Crippen molar-refractivity contribution < 1.29 is 13.2 Å². The molecule has 0 unspecified atom stereocenters. The molecule has 1 aliphatic rings. The van der Waals surface area contributed by atoms with E-state index in [-0.39, 0.29) is 11.7 Å². The third-order valence-corrected chi connectivity index (χ3v) is 7.82. The van der Waals surface area contributed by atoms with Crippen LogP contribution < -0.4 is 0 Å². The van der Waals surface area contributed by atoms with E-state index in [2.05, 4.69) is 19.9 Å². The van der Waals surface area contributed by atoms with Crippen molar-refractivity contribution in [2.75, 3.05) is 0 Å². The molecule has 0 spiro atoms. The minimum Gasteiger partial charge on any atom is -0.207 e. The van der Waals surface area contributed by atoms with Crippen LogP contribution in [0.1, 0.15) is 93.4 Å². The topological polar surface area (TPSA) is 0 Å². The van der Waals surface area contributed by atoms with Crippen LogP contribution in [-0.4, -0.2) is 0 Å². The Morgan fingerprint density at radius 3 is 2.19 bits per heavy atom. The zero-order valence-corrected chi connectivity index (χ0v) is 22.2. The van der Waals surface area contributed by atoms with Gasteiger partial charge in [0.25, 0.3) is 0 Å². The molecule has 0 atom stereocenters. The molecule has 0 saturated heterocycles. The summed E-state index contributed by atoms with van der Waals surface area (Å²) in [6, 6.07) is 16.8. The Hall–Kier alpha value is -2.81. The van der Waals surface area contributed by atoms with Gasteiger partial charge in [-0.2, -0.15) is 0 Å². The predicted molar refractivity (Wildman–Crippen MR) is 149 cm³/mol. The maximum absolute atomic E-state index is 15.1. The van der Waals surface area contributed by atoms with Gasteiger partial charge >= 0.3 is 0 Å². The van der Waals surface area contributed by atoms with Gasteiger partial charge in [0.2, 0.25) is 0 Å². The largest absolute Gasteiger partial charge is 0.207 e. The van der Waals surface area contributed by atoms with E-state index in [1.54, 1.807) is 18.2 Å². The van der Waals surface area contributed by atoms with E-state index < -0.39 is 11.6 Å². The molecule has 1 fully saturated rings. The molecule has 1 saturated carbocycles. The molecular weight excluding hydrogens is 465 g/mol. The van der Waals surface area contributed by atoms with Crippen LogP contribution in [0.3, 0.4) is 0 Å². The van der Waals surface area contributed by atoms with Crippen LogP contribution in [0.2, 0.25) is 0 Å². The average molecular weight is 505 g/mol. The molecule has 0 heterocycles. The fraction of sp³-hybridized carbons (Fsp3) is 0.412. The van der Waals surface area contributed by atoms with E-state index in [4.69, 9.17) is 0 Å². The summed E-state index contributed by atoms with van der Waals surface area (Å²) in [6.45, 7) is 4.27. The Morgan fingerprint density at radius 1 is 0.757 bits per heavy atom. The summed E-state index contributed by atoms with van der Waals surface area (Å²) in [7, 11) is 0. The normalized spacial score (nSPS) is 18.0. The first kappa shape index (κ1) is 27.2. The molecular formula is C34H39F3. The maximum atomic E-state index is 15.1. The second kappa shape index (κ2) is 13.1. The first-order chi connectivity index (χ1) is 18.0. The van der Waals surface area contributed by atoms with Gasteiger partial charge < -0.3 is 0 Å². The van der Waals surface area contributed by atoms with E-state index in [1.807, 2.05) is 42.5 Å². The van der Waals surface area contributed by atoms with Gasteiger partial charge in [0, 0.05) is 5.56 Å². The lowest BCUT2D eigenvalue weighted by atomic mass is 9.78. The standard InChI is InChI=1S/C34H39F3/c1-3-5-6-8-29-20-15-26(23-32(29)35)10-9-25-13-18-28(19-14-25)31-22-21-30(33(36)34(31)37)27-16-11-24(7-4-2)12-17-27/h9-12,15-17,20-23,25,28H,3-8,13-14,18-19H2,1-2H3. The van der Waals surface area contributed by atoms with Gasteiger partial charge in [-0.25, -0.2) is 13.2 Å². The van der Waals surface area contributed by atoms with Crippen molar-refractivity contribution >= 4 is 6.08 Å². The maximum Gasteiger partial charge on any atom is 0.166 e. The Kier molecular flexibility index (Phi) is 9.66. The zero-order chi connectivity index (χ0) is 26.2. The molecule has 3 aromatic carbocycles. The Morgan fingerprint density at radius 2 is 1.51 bits per heavy atom. The van der Waals surface area contributed by atoms with Crippen LogP contribution in [0.15, 0.2) is 60.7 Å². The van der Waals surface area contributed by atoms with Crippen LogP contribution in [0, 0.1) is 23.4 Å². The van der Waals surface area contributed by atoms with Crippen molar-refractivity contribution in [2.24, 2.45) is 5.92 Å². The van der Waals surface area contributed by atoms with Gasteiger partial charge in [-0.15, -0.1) is 0 Å². The summed E-state index contributed by atoms with van der Waals surface area (Å²) < 4.78 is 44.6. The van der Waals surface area contributed by atoms with E-state index in [1.165, 1.54) is 5.56 Å². The quantitative estimate of drug-likeness (QED) is 0.241. The Labute approximate surface area is 220 Å². The third kappa shape index (κ3) is 6.94. The van der Waals surface area contributed by atoms with Crippen LogP contribution in [0.4, 0.5) is 13.2 Å². The van der Waals surface area contributed by atoms with Crippen LogP contribution in [0.5, 0.6) is 0 Å². The van der Waals surface area contributed by atoms with Crippen molar-refractivity contribution in [3.05, 3.63) is 100 Å². The summed E-state index contributed by atoms with van der Waals surface area (Å²) in [5.74, 6) is -1.18. The number of hydrogen-bond acceptors (Lipinski definition) is 0. The van der Waals surface area contributed by atoms with E-state index in [9.17, 15) is 4.39 Å². The molecule has 37 heavy (non-hydrogen) atoms. The molecule has 196 valence electrons. The van der Waals surface area contributed by atoms with Crippen LogP contribution >= 0.6 is 0 Å². The predicted octanol–water partition coefficient (Wildman–Crippen LogP) is 10.4. The molecule has 0 amide bonds. The molecule has 0 aliphatic heterocycles. The van der Waals surface area contributed by atoms with Crippen LogP contribution in [0.25, 0.3) is 17.2 Å². The molecule has 0 nitrogen and oxygen atoms in total. The number of allylic oxidation sites excluding steroid dienone is 1. The zero-order valence-electron chi connectivity index (χ0n) is 22.2. The highest BCUT2D eigenvalue weighted by Gasteiger charge is 2.25. The lowest BCUT2D eigenvalue weighted by Gasteiger charge is -2.27. The van der Waals surface area contributed by atoms with Crippen molar-refractivity contribution in [1.82, 2.24) is 0 Å². The van der Waals surface area contributed by atoms with Crippen LogP contribution in [-0.2, 0) is 12.8 Å². The fourth-order valence-electron chi connectivity index (χ4n) is 5.55. The third-order valence-electron chi connectivity index (χ3n) is 7.82. The van der Waals surface area contributed by atoms with Gasteiger partial charge in [0.05, 0.1) is 0 Å². The molecule has 0 N–H and O–H groups in total. The smallest absolute Gasteiger partial charge is 0.166 e. The number of halogens is 3.